The van der Waals surface area contributed by atoms with E-state index in [4.69, 9.17) is 0 Å². The number of nitrogens with zero attached hydrogens (tertiary/aromatic N) is 3. The van der Waals surface area contributed by atoms with Crippen molar-refractivity contribution in [3.63, 3.8) is 0 Å². The Bertz CT molecular complexity index is 835. The molecule has 0 unspecified atom stereocenters. The second-order valence-electron chi connectivity index (χ2n) is 5.41. The standard InChI is InChI=1S/C18H18FN5O/c19-15-6-1-2-7-16(15)23-17-14(5-3-8-21-17)18(25)22-9-4-11-24-12-10-20-13-24/h1-3,5-8,10,12-13H,4,9,11H2,(H,21,23)(H,22,25). The van der Waals surface area contributed by atoms with Crippen LogP contribution in [0.4, 0.5) is 15.9 Å². The number of aromatic nitrogens is 3. The third-order valence-corrected chi connectivity index (χ3v) is 3.62. The molecule has 0 aliphatic rings. The highest BCUT2D eigenvalue weighted by Gasteiger charge is 2.13. The first-order valence-corrected chi connectivity index (χ1v) is 7.94. The molecule has 7 heteroatoms. The molecule has 2 aromatic heterocycles. The van der Waals surface area contributed by atoms with E-state index in [1.807, 2.05) is 10.8 Å². The second-order valence-corrected chi connectivity index (χ2v) is 5.41. The predicted molar refractivity (Wildman–Crippen MR) is 93.1 cm³/mol. The number of benzene rings is 1. The lowest BCUT2D eigenvalue weighted by Gasteiger charge is -2.12. The fraction of sp³-hybridized carbons (Fsp3) is 0.167. The van der Waals surface area contributed by atoms with Crippen LogP contribution < -0.4 is 10.6 Å². The molecule has 0 bridgehead atoms. The van der Waals surface area contributed by atoms with Crippen LogP contribution in [0.1, 0.15) is 16.8 Å². The SMILES string of the molecule is O=C(NCCCn1ccnc1)c1cccnc1Nc1ccccc1F. The maximum absolute atomic E-state index is 13.8. The Morgan fingerprint density at radius 3 is 2.84 bits per heavy atom. The highest BCUT2D eigenvalue weighted by molar-refractivity contribution is 5.99. The quantitative estimate of drug-likeness (QED) is 0.649. The lowest BCUT2D eigenvalue weighted by molar-refractivity contribution is 0.0953. The number of amides is 1. The third-order valence-electron chi connectivity index (χ3n) is 3.62. The molecule has 6 nitrogen and oxygen atoms in total. The Hall–Kier alpha value is -3.22. The average Bonchev–Trinajstić information content (AvgIpc) is 3.14. The van der Waals surface area contributed by atoms with E-state index in [0.717, 1.165) is 13.0 Å². The van der Waals surface area contributed by atoms with Crippen LogP contribution in [0.3, 0.4) is 0 Å². The van der Waals surface area contributed by atoms with E-state index in [9.17, 15) is 9.18 Å². The van der Waals surface area contributed by atoms with Crippen LogP contribution in [0.15, 0.2) is 61.3 Å². The number of hydrogen-bond acceptors (Lipinski definition) is 4. The number of carbonyl (C=O) groups excluding carboxylic acids is 1. The van der Waals surface area contributed by atoms with E-state index >= 15 is 0 Å². The predicted octanol–water partition coefficient (Wildman–Crippen LogP) is 2.98. The summed E-state index contributed by atoms with van der Waals surface area (Å²) in [7, 11) is 0. The monoisotopic (exact) mass is 339 g/mol. The highest BCUT2D eigenvalue weighted by atomic mass is 19.1. The summed E-state index contributed by atoms with van der Waals surface area (Å²) >= 11 is 0. The number of carbonyl (C=O) groups is 1. The summed E-state index contributed by atoms with van der Waals surface area (Å²) < 4.78 is 15.7. The van der Waals surface area contributed by atoms with Crippen LogP contribution in [0, 0.1) is 5.82 Å². The number of hydrogen-bond donors (Lipinski definition) is 2. The number of nitrogens with one attached hydrogen (secondary N) is 2. The van der Waals surface area contributed by atoms with Crippen LogP contribution >= 0.6 is 0 Å². The Morgan fingerprint density at radius 2 is 2.04 bits per heavy atom. The zero-order chi connectivity index (χ0) is 17.5. The van der Waals surface area contributed by atoms with Gasteiger partial charge in [0, 0.05) is 31.7 Å². The number of aryl methyl sites for hydroxylation is 1. The lowest BCUT2D eigenvalue weighted by Crippen LogP contribution is -2.26. The molecule has 0 aliphatic heterocycles. The molecular weight excluding hydrogens is 321 g/mol. The third kappa shape index (κ3) is 4.41. The van der Waals surface area contributed by atoms with Crippen molar-refractivity contribution in [1.29, 1.82) is 0 Å². The van der Waals surface area contributed by atoms with Crippen LogP contribution in [0.2, 0.25) is 0 Å². The first kappa shape index (κ1) is 16.6. The molecular formula is C18H18FN5O. The van der Waals surface area contributed by atoms with Gasteiger partial charge in [0.1, 0.15) is 11.6 Å². The van der Waals surface area contributed by atoms with Crippen LogP contribution in [0.25, 0.3) is 0 Å². The van der Waals surface area contributed by atoms with Crippen molar-refractivity contribution < 1.29 is 9.18 Å². The van der Waals surface area contributed by atoms with Gasteiger partial charge in [-0.1, -0.05) is 12.1 Å². The highest BCUT2D eigenvalue weighted by Crippen LogP contribution is 2.20. The molecule has 1 aromatic carbocycles. The number of imidazole rings is 1. The summed E-state index contributed by atoms with van der Waals surface area (Å²) in [5.41, 5.74) is 0.642. The van der Waals surface area contributed by atoms with E-state index in [2.05, 4.69) is 20.6 Å². The van der Waals surface area contributed by atoms with Crippen molar-refractivity contribution in [2.75, 3.05) is 11.9 Å². The minimum Gasteiger partial charge on any atom is -0.352 e. The van der Waals surface area contributed by atoms with Gasteiger partial charge in [-0.3, -0.25) is 4.79 Å². The number of para-hydroxylation sites is 1. The van der Waals surface area contributed by atoms with Gasteiger partial charge in [-0.15, -0.1) is 0 Å². The molecule has 128 valence electrons. The van der Waals surface area contributed by atoms with Crippen LogP contribution in [-0.2, 0) is 6.54 Å². The first-order chi connectivity index (χ1) is 12.2. The van der Waals surface area contributed by atoms with Crippen molar-refractivity contribution in [2.45, 2.75) is 13.0 Å². The molecule has 0 saturated heterocycles. The number of halogens is 1. The molecule has 2 N–H and O–H groups in total. The molecule has 3 aromatic rings. The minimum atomic E-state index is -0.403. The van der Waals surface area contributed by atoms with E-state index in [1.165, 1.54) is 6.07 Å². The molecule has 0 aliphatic carbocycles. The Balaban J connectivity index is 1.61. The first-order valence-electron chi connectivity index (χ1n) is 7.94. The Labute approximate surface area is 144 Å². The fourth-order valence-electron chi connectivity index (χ4n) is 2.36. The van der Waals surface area contributed by atoms with Gasteiger partial charge in [-0.2, -0.15) is 0 Å². The van der Waals surface area contributed by atoms with E-state index < -0.39 is 5.82 Å². The number of pyridine rings is 1. The van der Waals surface area contributed by atoms with Crippen molar-refractivity contribution >= 4 is 17.4 Å². The van der Waals surface area contributed by atoms with Gasteiger partial charge < -0.3 is 15.2 Å². The molecule has 25 heavy (non-hydrogen) atoms. The minimum absolute atomic E-state index is 0.252. The van der Waals surface area contributed by atoms with Crippen molar-refractivity contribution in [3.05, 3.63) is 72.7 Å². The summed E-state index contributed by atoms with van der Waals surface area (Å²) in [5, 5.41) is 5.73. The normalized spacial score (nSPS) is 10.4. The molecule has 0 spiro atoms. The molecule has 3 rings (SSSR count). The number of anilines is 2. The maximum atomic E-state index is 13.8. The van der Waals surface area contributed by atoms with Crippen LogP contribution in [-0.4, -0.2) is 27.0 Å². The lowest BCUT2D eigenvalue weighted by atomic mass is 10.2. The van der Waals surface area contributed by atoms with Gasteiger partial charge in [0.05, 0.1) is 17.6 Å². The zero-order valence-corrected chi connectivity index (χ0v) is 13.5. The van der Waals surface area contributed by atoms with Crippen molar-refractivity contribution in [1.82, 2.24) is 19.9 Å². The largest absolute Gasteiger partial charge is 0.352 e. The summed E-state index contributed by atoms with van der Waals surface area (Å²) in [6.07, 6.45) is 7.66. The van der Waals surface area contributed by atoms with Gasteiger partial charge >= 0.3 is 0 Å². The smallest absolute Gasteiger partial charge is 0.255 e. The van der Waals surface area contributed by atoms with Gasteiger partial charge in [0.2, 0.25) is 0 Å². The van der Waals surface area contributed by atoms with Crippen LogP contribution in [0.5, 0.6) is 0 Å². The number of rotatable bonds is 7. The summed E-state index contributed by atoms with van der Waals surface area (Å²) in [5.74, 6) is -0.336. The second kappa shape index (κ2) is 8.05. The molecule has 0 atom stereocenters. The Morgan fingerprint density at radius 1 is 1.16 bits per heavy atom. The summed E-state index contributed by atoms with van der Waals surface area (Å²) in [4.78, 5) is 20.5. The van der Waals surface area contributed by atoms with Gasteiger partial charge in [0.25, 0.3) is 5.91 Å². The molecule has 0 saturated carbocycles. The summed E-state index contributed by atoms with van der Waals surface area (Å²) in [6, 6.07) is 9.59. The molecule has 0 radical (unpaired) electrons. The van der Waals surface area contributed by atoms with Gasteiger partial charge in [-0.25, -0.2) is 14.4 Å². The van der Waals surface area contributed by atoms with Crippen molar-refractivity contribution in [3.8, 4) is 0 Å². The molecule has 2 heterocycles. The topological polar surface area (TPSA) is 71.8 Å². The molecule has 1 amide bonds. The summed E-state index contributed by atoms with van der Waals surface area (Å²) in [6.45, 7) is 1.29. The van der Waals surface area contributed by atoms with E-state index in [0.29, 0.717) is 17.9 Å². The molecule has 0 fully saturated rings. The van der Waals surface area contributed by atoms with Gasteiger partial charge in [-0.05, 0) is 30.7 Å². The maximum Gasteiger partial charge on any atom is 0.255 e. The Kier molecular flexibility index (Phi) is 5.36. The average molecular weight is 339 g/mol. The van der Waals surface area contributed by atoms with E-state index in [-0.39, 0.29) is 11.6 Å². The zero-order valence-electron chi connectivity index (χ0n) is 13.5. The van der Waals surface area contributed by atoms with E-state index in [1.54, 1.807) is 49.1 Å². The fourth-order valence-corrected chi connectivity index (χ4v) is 2.36. The van der Waals surface area contributed by atoms with Gasteiger partial charge in [0.15, 0.2) is 0 Å². The van der Waals surface area contributed by atoms with Crippen molar-refractivity contribution in [2.24, 2.45) is 0 Å².